The molecule has 0 fully saturated rings. The highest BCUT2D eigenvalue weighted by molar-refractivity contribution is 4.70. The number of hydrogen-bond acceptors (Lipinski definition) is 4. The van der Waals surface area contributed by atoms with Crippen molar-refractivity contribution in [3.8, 4) is 0 Å². The van der Waals surface area contributed by atoms with Gasteiger partial charge in [-0.05, 0) is 6.92 Å². The maximum Gasteiger partial charge on any atom is 0.183 e. The summed E-state index contributed by atoms with van der Waals surface area (Å²) in [6.07, 6.45) is -1.65. The Bertz CT molecular complexity index is 56.4. The summed E-state index contributed by atoms with van der Waals surface area (Å²) in [6.45, 7) is 1.32. The summed E-state index contributed by atoms with van der Waals surface area (Å²) in [5.41, 5.74) is 8.52. The van der Waals surface area contributed by atoms with E-state index in [1.54, 1.807) is 0 Å². The minimum absolute atomic E-state index is 1.32. The number of aliphatic hydroxyl groups is 2. The SMILES string of the molecule is CC(N)(N)C(O)O. The van der Waals surface area contributed by atoms with Gasteiger partial charge in [0.25, 0.3) is 0 Å². The van der Waals surface area contributed by atoms with Crippen LogP contribution < -0.4 is 11.5 Å². The van der Waals surface area contributed by atoms with Gasteiger partial charge in [0.1, 0.15) is 5.66 Å². The fourth-order valence-corrected chi connectivity index (χ4v) is 0. The molecule has 0 aliphatic carbocycles. The van der Waals surface area contributed by atoms with Crippen molar-refractivity contribution in [2.75, 3.05) is 0 Å². The summed E-state index contributed by atoms with van der Waals surface area (Å²) >= 11 is 0. The van der Waals surface area contributed by atoms with E-state index >= 15 is 0 Å². The van der Waals surface area contributed by atoms with E-state index in [0.29, 0.717) is 0 Å². The van der Waals surface area contributed by atoms with E-state index in [0.717, 1.165) is 0 Å². The molecule has 0 aromatic carbocycles. The molecule has 0 atom stereocenters. The zero-order chi connectivity index (χ0) is 6.08. The van der Waals surface area contributed by atoms with Gasteiger partial charge in [0, 0.05) is 0 Å². The predicted octanol–water partition coefficient (Wildman–Crippen LogP) is -2.07. The summed E-state index contributed by atoms with van der Waals surface area (Å²) in [4.78, 5) is 0. The molecular formula is C3H10N2O2. The van der Waals surface area contributed by atoms with Crippen molar-refractivity contribution in [1.29, 1.82) is 0 Å². The molecule has 0 radical (unpaired) electrons. The Hall–Kier alpha value is -0.160. The molecule has 0 aromatic rings. The van der Waals surface area contributed by atoms with Gasteiger partial charge >= 0.3 is 0 Å². The Balaban J connectivity index is 3.54. The van der Waals surface area contributed by atoms with Gasteiger partial charge in [-0.25, -0.2) is 0 Å². The average molecular weight is 106 g/mol. The molecule has 7 heavy (non-hydrogen) atoms. The van der Waals surface area contributed by atoms with Crippen LogP contribution in [0.5, 0.6) is 0 Å². The quantitative estimate of drug-likeness (QED) is 0.289. The molecule has 0 heterocycles. The first-order valence-corrected chi connectivity index (χ1v) is 1.88. The number of hydrogen-bond donors (Lipinski definition) is 4. The molecule has 0 aliphatic heterocycles. The van der Waals surface area contributed by atoms with Crippen LogP contribution in [0.25, 0.3) is 0 Å². The van der Waals surface area contributed by atoms with Crippen LogP contribution in [0.4, 0.5) is 0 Å². The minimum Gasteiger partial charge on any atom is -0.366 e. The number of nitrogens with two attached hydrogens (primary N) is 2. The first-order chi connectivity index (χ1) is 2.94. The van der Waals surface area contributed by atoms with Crippen LogP contribution >= 0.6 is 0 Å². The normalized spacial score (nSPS) is 12.9. The molecule has 0 rings (SSSR count). The first kappa shape index (κ1) is 6.84. The van der Waals surface area contributed by atoms with E-state index in [2.05, 4.69) is 0 Å². The molecule has 0 bridgehead atoms. The van der Waals surface area contributed by atoms with Crippen LogP contribution in [0.2, 0.25) is 0 Å². The van der Waals surface area contributed by atoms with Crippen molar-refractivity contribution in [1.82, 2.24) is 0 Å². The molecule has 44 valence electrons. The van der Waals surface area contributed by atoms with E-state index in [-0.39, 0.29) is 0 Å². The Morgan fingerprint density at radius 1 is 1.43 bits per heavy atom. The zero-order valence-electron chi connectivity index (χ0n) is 4.13. The second-order valence-corrected chi connectivity index (χ2v) is 1.74. The van der Waals surface area contributed by atoms with Gasteiger partial charge < -0.3 is 21.7 Å². The third-order valence-corrected chi connectivity index (χ3v) is 0.556. The first-order valence-electron chi connectivity index (χ1n) is 1.88. The van der Waals surface area contributed by atoms with E-state index in [1.807, 2.05) is 0 Å². The second kappa shape index (κ2) is 1.75. The third-order valence-electron chi connectivity index (χ3n) is 0.556. The van der Waals surface area contributed by atoms with Crippen molar-refractivity contribution in [3.05, 3.63) is 0 Å². The number of aliphatic hydroxyl groups excluding tert-OH is 1. The van der Waals surface area contributed by atoms with Gasteiger partial charge in [0.05, 0.1) is 0 Å². The van der Waals surface area contributed by atoms with Crippen molar-refractivity contribution in [2.45, 2.75) is 18.9 Å². The maximum atomic E-state index is 8.19. The highest BCUT2D eigenvalue weighted by Crippen LogP contribution is 1.90. The smallest absolute Gasteiger partial charge is 0.183 e. The number of rotatable bonds is 1. The molecule has 0 spiro atoms. The zero-order valence-corrected chi connectivity index (χ0v) is 4.13. The summed E-state index contributed by atoms with van der Waals surface area (Å²) in [5, 5.41) is 16.4. The van der Waals surface area contributed by atoms with Crippen LogP contribution in [0.3, 0.4) is 0 Å². The van der Waals surface area contributed by atoms with Gasteiger partial charge in [-0.1, -0.05) is 0 Å². The Morgan fingerprint density at radius 3 is 1.57 bits per heavy atom. The Kier molecular flexibility index (Phi) is 1.71. The summed E-state index contributed by atoms with van der Waals surface area (Å²) in [5.74, 6) is 0. The van der Waals surface area contributed by atoms with E-state index < -0.39 is 12.0 Å². The highest BCUT2D eigenvalue weighted by Gasteiger charge is 2.19. The van der Waals surface area contributed by atoms with E-state index in [1.165, 1.54) is 6.92 Å². The van der Waals surface area contributed by atoms with Crippen LogP contribution in [0, 0.1) is 0 Å². The summed E-state index contributed by atoms with van der Waals surface area (Å²) < 4.78 is 0. The van der Waals surface area contributed by atoms with E-state index in [9.17, 15) is 0 Å². The fourth-order valence-electron chi connectivity index (χ4n) is 0. The van der Waals surface area contributed by atoms with Crippen molar-refractivity contribution < 1.29 is 10.2 Å². The van der Waals surface area contributed by atoms with Crippen LogP contribution in [0.15, 0.2) is 0 Å². The Labute approximate surface area is 41.7 Å². The maximum absolute atomic E-state index is 8.19. The third kappa shape index (κ3) is 2.52. The highest BCUT2D eigenvalue weighted by atomic mass is 16.5. The molecule has 0 aromatic heterocycles. The van der Waals surface area contributed by atoms with Crippen molar-refractivity contribution >= 4 is 0 Å². The largest absolute Gasteiger partial charge is 0.366 e. The topological polar surface area (TPSA) is 92.5 Å². The molecule has 6 N–H and O–H groups in total. The molecule has 0 unspecified atom stereocenters. The van der Waals surface area contributed by atoms with Gasteiger partial charge in [-0.3, -0.25) is 0 Å². The molecule has 0 amide bonds. The molecule has 0 aliphatic rings. The van der Waals surface area contributed by atoms with E-state index in [4.69, 9.17) is 21.7 Å². The predicted molar refractivity (Wildman–Crippen MR) is 25.0 cm³/mol. The molecular weight excluding hydrogens is 96.0 g/mol. The summed E-state index contributed by atoms with van der Waals surface area (Å²) in [6, 6.07) is 0. The van der Waals surface area contributed by atoms with Gasteiger partial charge in [0.2, 0.25) is 0 Å². The van der Waals surface area contributed by atoms with Gasteiger partial charge in [0.15, 0.2) is 6.29 Å². The second-order valence-electron chi connectivity index (χ2n) is 1.74. The lowest BCUT2D eigenvalue weighted by atomic mass is 10.2. The lowest BCUT2D eigenvalue weighted by Crippen LogP contribution is -2.56. The molecule has 0 saturated heterocycles. The summed E-state index contributed by atoms with van der Waals surface area (Å²) in [7, 11) is 0. The lowest BCUT2D eigenvalue weighted by Gasteiger charge is -2.19. The minimum atomic E-state index is -1.65. The molecule has 4 nitrogen and oxygen atoms in total. The Morgan fingerprint density at radius 2 is 1.57 bits per heavy atom. The monoisotopic (exact) mass is 106 g/mol. The standard InChI is InChI=1S/C3H10N2O2/c1-3(4,5)2(6)7/h2,6-7H,4-5H2,1H3. The van der Waals surface area contributed by atoms with Crippen molar-refractivity contribution in [2.24, 2.45) is 11.5 Å². The van der Waals surface area contributed by atoms with Gasteiger partial charge in [-0.2, -0.15) is 0 Å². The average Bonchev–Trinajstić information content (AvgIpc) is 1.31. The van der Waals surface area contributed by atoms with Crippen molar-refractivity contribution in [3.63, 3.8) is 0 Å². The molecule has 0 saturated carbocycles. The van der Waals surface area contributed by atoms with Crippen LogP contribution in [-0.4, -0.2) is 22.2 Å². The fraction of sp³-hybridized carbons (Fsp3) is 1.00. The van der Waals surface area contributed by atoms with Crippen LogP contribution in [0.1, 0.15) is 6.92 Å². The van der Waals surface area contributed by atoms with Gasteiger partial charge in [-0.15, -0.1) is 0 Å². The molecule has 4 heteroatoms. The lowest BCUT2D eigenvalue weighted by molar-refractivity contribution is -0.0887. The van der Waals surface area contributed by atoms with Crippen LogP contribution in [-0.2, 0) is 0 Å².